The second kappa shape index (κ2) is 9.82. The number of aromatic nitrogens is 2. The summed E-state index contributed by atoms with van der Waals surface area (Å²) in [6, 6.07) is 33.7. The molecule has 5 aromatic rings. The number of ether oxygens (including phenoxy) is 1. The number of carbonyl (C=O) groups is 1. The minimum absolute atomic E-state index is 0.400. The summed E-state index contributed by atoms with van der Waals surface area (Å²) in [4.78, 5) is 17.9. The molecule has 4 heteroatoms. The van der Waals surface area contributed by atoms with E-state index in [1.807, 2.05) is 92.7 Å². The zero-order valence-electron chi connectivity index (χ0n) is 19.8. The van der Waals surface area contributed by atoms with Crippen molar-refractivity contribution in [3.63, 3.8) is 0 Å². The molecule has 35 heavy (non-hydrogen) atoms. The molecule has 0 aliphatic rings. The topological polar surface area (TPSA) is 44.1 Å². The number of esters is 1. The Morgan fingerprint density at radius 2 is 1.37 bits per heavy atom. The quantitative estimate of drug-likeness (QED) is 0.202. The van der Waals surface area contributed by atoms with Gasteiger partial charge in [-0.15, -0.1) is 0 Å². The summed E-state index contributed by atoms with van der Waals surface area (Å²) in [5.41, 5.74) is 6.62. The SMILES string of the molecule is Cc1ccc(C(=O)O/C(=C\c2nc3ccccc3n2Cc2ccccc2)c2ccc(C)cc2)cc1. The molecule has 0 N–H and O–H groups in total. The van der Waals surface area contributed by atoms with Gasteiger partial charge >= 0.3 is 5.97 Å². The van der Waals surface area contributed by atoms with Crippen molar-refractivity contribution >= 4 is 28.8 Å². The first-order valence-electron chi connectivity index (χ1n) is 11.6. The van der Waals surface area contributed by atoms with Crippen molar-refractivity contribution in [1.82, 2.24) is 9.55 Å². The van der Waals surface area contributed by atoms with Crippen molar-refractivity contribution in [2.75, 3.05) is 0 Å². The van der Waals surface area contributed by atoms with Crippen LogP contribution in [0, 0.1) is 13.8 Å². The smallest absolute Gasteiger partial charge is 0.343 e. The molecular formula is C31H26N2O2. The number of para-hydroxylation sites is 2. The highest BCUT2D eigenvalue weighted by Crippen LogP contribution is 2.25. The Labute approximate surface area is 205 Å². The minimum Gasteiger partial charge on any atom is -0.422 e. The Balaban J connectivity index is 1.60. The lowest BCUT2D eigenvalue weighted by Gasteiger charge is -2.12. The van der Waals surface area contributed by atoms with Crippen LogP contribution in [0.4, 0.5) is 0 Å². The average Bonchev–Trinajstić information content (AvgIpc) is 3.22. The summed E-state index contributed by atoms with van der Waals surface area (Å²) in [5, 5.41) is 0. The predicted octanol–water partition coefficient (Wildman–Crippen LogP) is 7.06. The maximum atomic E-state index is 13.1. The van der Waals surface area contributed by atoms with Crippen LogP contribution in [0.5, 0.6) is 0 Å². The molecule has 0 saturated carbocycles. The van der Waals surface area contributed by atoms with E-state index in [0.717, 1.165) is 33.5 Å². The van der Waals surface area contributed by atoms with Crippen molar-refractivity contribution in [3.05, 3.63) is 137 Å². The highest BCUT2D eigenvalue weighted by molar-refractivity contribution is 5.95. The number of hydrogen-bond donors (Lipinski definition) is 0. The van der Waals surface area contributed by atoms with Gasteiger partial charge in [-0.25, -0.2) is 9.78 Å². The highest BCUT2D eigenvalue weighted by Gasteiger charge is 2.16. The zero-order chi connectivity index (χ0) is 24.2. The molecule has 0 unspecified atom stereocenters. The number of hydrogen-bond acceptors (Lipinski definition) is 3. The third-order valence-electron chi connectivity index (χ3n) is 5.95. The van der Waals surface area contributed by atoms with Gasteiger partial charge < -0.3 is 9.30 Å². The molecule has 4 nitrogen and oxygen atoms in total. The summed E-state index contributed by atoms with van der Waals surface area (Å²) in [5.74, 6) is 0.782. The molecule has 1 heterocycles. The zero-order valence-corrected chi connectivity index (χ0v) is 19.8. The van der Waals surface area contributed by atoms with Crippen molar-refractivity contribution < 1.29 is 9.53 Å². The van der Waals surface area contributed by atoms with E-state index >= 15 is 0 Å². The van der Waals surface area contributed by atoms with E-state index in [2.05, 4.69) is 22.8 Å². The second-order valence-electron chi connectivity index (χ2n) is 8.66. The molecule has 5 rings (SSSR count). The molecule has 0 atom stereocenters. The molecule has 0 bridgehead atoms. The molecule has 0 aliphatic heterocycles. The fourth-order valence-electron chi connectivity index (χ4n) is 3.99. The number of benzene rings is 4. The molecular weight excluding hydrogens is 432 g/mol. The summed E-state index contributed by atoms with van der Waals surface area (Å²) < 4.78 is 8.13. The maximum absolute atomic E-state index is 13.1. The average molecular weight is 459 g/mol. The van der Waals surface area contributed by atoms with E-state index in [9.17, 15) is 4.79 Å². The van der Waals surface area contributed by atoms with Crippen LogP contribution >= 0.6 is 0 Å². The molecule has 4 aromatic carbocycles. The number of imidazole rings is 1. The molecule has 0 aliphatic carbocycles. The molecule has 0 amide bonds. The Bertz CT molecular complexity index is 1500. The molecule has 0 radical (unpaired) electrons. The summed E-state index contributed by atoms with van der Waals surface area (Å²) in [6.45, 7) is 4.68. The van der Waals surface area contributed by atoms with Gasteiger partial charge in [0.2, 0.25) is 0 Å². The van der Waals surface area contributed by atoms with Gasteiger partial charge in [0.15, 0.2) is 0 Å². The van der Waals surface area contributed by atoms with Crippen LogP contribution in [0.1, 0.15) is 38.4 Å². The van der Waals surface area contributed by atoms with Gasteiger partial charge in [0.25, 0.3) is 0 Å². The largest absolute Gasteiger partial charge is 0.422 e. The van der Waals surface area contributed by atoms with Crippen LogP contribution < -0.4 is 0 Å². The predicted molar refractivity (Wildman–Crippen MR) is 141 cm³/mol. The first-order chi connectivity index (χ1) is 17.1. The first-order valence-corrected chi connectivity index (χ1v) is 11.6. The monoisotopic (exact) mass is 458 g/mol. The lowest BCUT2D eigenvalue weighted by atomic mass is 10.1. The fraction of sp³-hybridized carbons (Fsp3) is 0.0968. The highest BCUT2D eigenvalue weighted by atomic mass is 16.5. The van der Waals surface area contributed by atoms with E-state index in [4.69, 9.17) is 9.72 Å². The molecule has 1 aromatic heterocycles. The third-order valence-corrected chi connectivity index (χ3v) is 5.95. The minimum atomic E-state index is -0.400. The van der Waals surface area contributed by atoms with E-state index < -0.39 is 5.97 Å². The van der Waals surface area contributed by atoms with E-state index in [-0.39, 0.29) is 0 Å². The van der Waals surface area contributed by atoms with Gasteiger partial charge in [-0.1, -0.05) is 90.0 Å². The van der Waals surface area contributed by atoms with Crippen LogP contribution in [0.3, 0.4) is 0 Å². The Morgan fingerprint density at radius 3 is 2.06 bits per heavy atom. The fourth-order valence-corrected chi connectivity index (χ4v) is 3.99. The van der Waals surface area contributed by atoms with Gasteiger partial charge in [0, 0.05) is 18.2 Å². The molecule has 0 fully saturated rings. The van der Waals surface area contributed by atoms with Crippen molar-refractivity contribution in [3.8, 4) is 0 Å². The third kappa shape index (κ3) is 5.07. The maximum Gasteiger partial charge on any atom is 0.343 e. The van der Waals surface area contributed by atoms with Gasteiger partial charge in [-0.05, 0) is 43.7 Å². The number of nitrogens with zero attached hydrogens (tertiary/aromatic N) is 2. The summed E-state index contributed by atoms with van der Waals surface area (Å²) in [7, 11) is 0. The standard InChI is InChI=1S/C31H26N2O2/c1-22-12-16-25(17-13-22)29(35-31(34)26-18-14-23(2)15-19-26)20-30-32-27-10-6-7-11-28(27)33(30)21-24-8-4-3-5-9-24/h3-20H,21H2,1-2H3/b29-20-. The number of carbonyl (C=O) groups excluding carboxylic acids is 1. The van der Waals surface area contributed by atoms with Gasteiger partial charge in [0.05, 0.1) is 16.6 Å². The lowest BCUT2D eigenvalue weighted by Crippen LogP contribution is -2.07. The Hall–Kier alpha value is -4.44. The summed E-state index contributed by atoms with van der Waals surface area (Å²) >= 11 is 0. The van der Waals surface area contributed by atoms with Crippen LogP contribution in [0.25, 0.3) is 22.9 Å². The molecule has 0 spiro atoms. The van der Waals surface area contributed by atoms with Crippen molar-refractivity contribution in [2.45, 2.75) is 20.4 Å². The Morgan fingerprint density at radius 1 is 0.771 bits per heavy atom. The molecule has 172 valence electrons. The normalized spacial score (nSPS) is 11.5. The summed E-state index contributed by atoms with van der Waals surface area (Å²) in [6.07, 6.45) is 1.86. The van der Waals surface area contributed by atoms with Crippen LogP contribution in [-0.2, 0) is 11.3 Å². The Kier molecular flexibility index (Phi) is 6.27. The van der Waals surface area contributed by atoms with Gasteiger partial charge in [0.1, 0.15) is 11.6 Å². The van der Waals surface area contributed by atoms with Crippen LogP contribution in [0.15, 0.2) is 103 Å². The van der Waals surface area contributed by atoms with Crippen molar-refractivity contribution in [2.24, 2.45) is 0 Å². The van der Waals surface area contributed by atoms with Gasteiger partial charge in [-0.3, -0.25) is 0 Å². The van der Waals surface area contributed by atoms with E-state index in [0.29, 0.717) is 17.9 Å². The number of rotatable bonds is 6. The van der Waals surface area contributed by atoms with E-state index in [1.165, 1.54) is 5.56 Å². The second-order valence-corrected chi connectivity index (χ2v) is 8.66. The number of fused-ring (bicyclic) bond motifs is 1. The van der Waals surface area contributed by atoms with Crippen molar-refractivity contribution in [1.29, 1.82) is 0 Å². The van der Waals surface area contributed by atoms with Crippen LogP contribution in [-0.4, -0.2) is 15.5 Å². The lowest BCUT2D eigenvalue weighted by molar-refractivity contribution is 0.0693. The van der Waals surface area contributed by atoms with Gasteiger partial charge in [-0.2, -0.15) is 0 Å². The molecule has 0 saturated heterocycles. The van der Waals surface area contributed by atoms with E-state index in [1.54, 1.807) is 12.1 Å². The van der Waals surface area contributed by atoms with Crippen LogP contribution in [0.2, 0.25) is 0 Å². The number of aryl methyl sites for hydroxylation is 2. The first kappa shape index (κ1) is 22.4.